The summed E-state index contributed by atoms with van der Waals surface area (Å²) in [5.41, 5.74) is -0.876. The molecular formula is C15H14F3NO3. The van der Waals surface area contributed by atoms with Crippen LogP contribution in [0.2, 0.25) is 0 Å². The van der Waals surface area contributed by atoms with E-state index in [4.69, 9.17) is 9.84 Å². The molecular weight excluding hydrogens is 299 g/mol. The van der Waals surface area contributed by atoms with Gasteiger partial charge in [0.25, 0.3) is 0 Å². The largest absolute Gasteiger partial charge is 0.481 e. The van der Waals surface area contributed by atoms with E-state index in [0.29, 0.717) is 12.8 Å². The van der Waals surface area contributed by atoms with Crippen LogP contribution in [-0.2, 0) is 15.7 Å². The molecule has 1 aliphatic heterocycles. The maximum atomic E-state index is 13.1. The lowest BCUT2D eigenvalue weighted by atomic mass is 9.84. The fourth-order valence-electron chi connectivity index (χ4n) is 2.99. The molecule has 4 nitrogen and oxygen atoms in total. The topological polar surface area (TPSA) is 58.9 Å². The number of carboxylic acids is 1. The number of halogens is 3. The van der Waals surface area contributed by atoms with Gasteiger partial charge in [-0.1, -0.05) is 12.1 Å². The highest BCUT2D eigenvalue weighted by Crippen LogP contribution is 2.37. The van der Waals surface area contributed by atoms with Crippen molar-refractivity contribution in [2.75, 3.05) is 0 Å². The fourth-order valence-corrected chi connectivity index (χ4v) is 2.99. The number of aliphatic imine (C=N–C) groups is 1. The van der Waals surface area contributed by atoms with E-state index in [1.54, 1.807) is 0 Å². The average Bonchev–Trinajstić information content (AvgIpc) is 2.89. The molecule has 1 heterocycles. The molecule has 0 radical (unpaired) electrons. The molecule has 3 rings (SSSR count). The van der Waals surface area contributed by atoms with Gasteiger partial charge in [-0.05, 0) is 31.4 Å². The van der Waals surface area contributed by atoms with Crippen LogP contribution in [0.25, 0.3) is 0 Å². The van der Waals surface area contributed by atoms with Crippen molar-refractivity contribution < 1.29 is 27.8 Å². The van der Waals surface area contributed by atoms with Crippen molar-refractivity contribution in [3.63, 3.8) is 0 Å². The van der Waals surface area contributed by atoms with Crippen LogP contribution in [0.5, 0.6) is 0 Å². The molecule has 0 aromatic heterocycles. The van der Waals surface area contributed by atoms with Gasteiger partial charge in [-0.2, -0.15) is 13.2 Å². The minimum absolute atomic E-state index is 0.0334. The van der Waals surface area contributed by atoms with E-state index in [-0.39, 0.29) is 23.9 Å². The summed E-state index contributed by atoms with van der Waals surface area (Å²) in [7, 11) is 0. The number of rotatable bonds is 2. The second-order valence-corrected chi connectivity index (χ2v) is 5.55. The number of hydrogen-bond donors (Lipinski definition) is 1. The van der Waals surface area contributed by atoms with Gasteiger partial charge in [-0.15, -0.1) is 0 Å². The molecule has 1 aliphatic carbocycles. The first-order valence-electron chi connectivity index (χ1n) is 7.00. The van der Waals surface area contributed by atoms with E-state index in [2.05, 4.69) is 4.99 Å². The van der Waals surface area contributed by atoms with Crippen molar-refractivity contribution >= 4 is 11.9 Å². The van der Waals surface area contributed by atoms with Gasteiger partial charge in [0, 0.05) is 5.56 Å². The van der Waals surface area contributed by atoms with Crippen molar-refractivity contribution in [2.45, 2.75) is 37.6 Å². The monoisotopic (exact) mass is 313 g/mol. The van der Waals surface area contributed by atoms with Crippen LogP contribution < -0.4 is 0 Å². The van der Waals surface area contributed by atoms with Crippen molar-refractivity contribution in [3.8, 4) is 0 Å². The summed E-state index contributed by atoms with van der Waals surface area (Å²) >= 11 is 0. The summed E-state index contributed by atoms with van der Waals surface area (Å²) in [4.78, 5) is 15.3. The SMILES string of the molecule is O=C(O)C1CCC2N=C(c3ccccc3C(F)(F)F)OC2C1. The molecule has 2 aliphatic rings. The molecule has 1 aromatic carbocycles. The number of hydrogen-bond acceptors (Lipinski definition) is 3. The number of alkyl halides is 3. The molecule has 1 fully saturated rings. The van der Waals surface area contributed by atoms with Crippen LogP contribution in [0.3, 0.4) is 0 Å². The van der Waals surface area contributed by atoms with Crippen molar-refractivity contribution in [1.82, 2.24) is 0 Å². The summed E-state index contributed by atoms with van der Waals surface area (Å²) in [6, 6.07) is 4.87. The quantitative estimate of drug-likeness (QED) is 0.912. The second kappa shape index (κ2) is 5.30. The van der Waals surface area contributed by atoms with E-state index in [1.807, 2.05) is 0 Å². The number of nitrogens with zero attached hydrogens (tertiary/aromatic N) is 1. The van der Waals surface area contributed by atoms with Crippen molar-refractivity contribution in [2.24, 2.45) is 10.9 Å². The Morgan fingerprint density at radius 2 is 2.00 bits per heavy atom. The molecule has 3 unspecified atom stereocenters. The van der Waals surface area contributed by atoms with Crippen LogP contribution in [0, 0.1) is 5.92 Å². The minimum Gasteiger partial charge on any atom is -0.481 e. The first-order valence-corrected chi connectivity index (χ1v) is 7.00. The Bertz CT molecular complexity index is 627. The first kappa shape index (κ1) is 14.9. The van der Waals surface area contributed by atoms with Crippen LogP contribution in [-0.4, -0.2) is 29.1 Å². The molecule has 0 spiro atoms. The Labute approximate surface area is 124 Å². The lowest BCUT2D eigenvalue weighted by Gasteiger charge is -2.27. The van der Waals surface area contributed by atoms with Crippen molar-refractivity contribution in [1.29, 1.82) is 0 Å². The molecule has 3 atom stereocenters. The molecule has 1 saturated carbocycles. The zero-order chi connectivity index (χ0) is 15.9. The van der Waals surface area contributed by atoms with E-state index >= 15 is 0 Å². The Balaban J connectivity index is 1.86. The number of benzene rings is 1. The van der Waals surface area contributed by atoms with Crippen LogP contribution >= 0.6 is 0 Å². The van der Waals surface area contributed by atoms with Gasteiger partial charge in [0.15, 0.2) is 0 Å². The van der Waals surface area contributed by atoms with Gasteiger partial charge < -0.3 is 9.84 Å². The highest BCUT2D eigenvalue weighted by molar-refractivity contribution is 5.97. The molecule has 0 amide bonds. The maximum absolute atomic E-state index is 13.1. The zero-order valence-corrected chi connectivity index (χ0v) is 11.5. The Hall–Kier alpha value is -2.05. The number of aliphatic carboxylic acids is 1. The van der Waals surface area contributed by atoms with E-state index in [0.717, 1.165) is 6.07 Å². The van der Waals surface area contributed by atoms with E-state index < -0.39 is 29.7 Å². The lowest BCUT2D eigenvalue weighted by molar-refractivity contribution is -0.144. The Morgan fingerprint density at radius 3 is 2.68 bits per heavy atom. The van der Waals surface area contributed by atoms with Gasteiger partial charge in [0.05, 0.1) is 17.5 Å². The predicted octanol–water partition coefficient (Wildman–Crippen LogP) is 3.10. The summed E-state index contributed by atoms with van der Waals surface area (Å²) in [5, 5.41) is 9.05. The molecule has 22 heavy (non-hydrogen) atoms. The second-order valence-electron chi connectivity index (χ2n) is 5.55. The Morgan fingerprint density at radius 1 is 1.27 bits per heavy atom. The van der Waals surface area contributed by atoms with Crippen molar-refractivity contribution in [3.05, 3.63) is 35.4 Å². The highest BCUT2D eigenvalue weighted by Gasteiger charge is 2.42. The maximum Gasteiger partial charge on any atom is 0.417 e. The fraction of sp³-hybridized carbons (Fsp3) is 0.467. The van der Waals surface area contributed by atoms with Gasteiger partial charge in [0.1, 0.15) is 6.10 Å². The molecule has 0 bridgehead atoms. The molecule has 0 saturated heterocycles. The zero-order valence-electron chi connectivity index (χ0n) is 11.5. The number of carboxylic acid groups (broad SMARTS) is 1. The third kappa shape index (κ3) is 2.67. The number of fused-ring (bicyclic) bond motifs is 1. The highest BCUT2D eigenvalue weighted by atomic mass is 19.4. The minimum atomic E-state index is -4.49. The van der Waals surface area contributed by atoms with Crippen LogP contribution in [0.15, 0.2) is 29.3 Å². The molecule has 1 aromatic rings. The van der Waals surface area contributed by atoms with Gasteiger partial charge >= 0.3 is 12.1 Å². The van der Waals surface area contributed by atoms with Gasteiger partial charge in [0.2, 0.25) is 5.90 Å². The van der Waals surface area contributed by atoms with Crippen LogP contribution in [0.4, 0.5) is 13.2 Å². The molecule has 118 valence electrons. The normalized spacial score (nSPS) is 27.8. The summed E-state index contributed by atoms with van der Waals surface area (Å²) < 4.78 is 44.7. The smallest absolute Gasteiger partial charge is 0.417 e. The summed E-state index contributed by atoms with van der Waals surface area (Å²) in [6.45, 7) is 0. The lowest BCUT2D eigenvalue weighted by Crippen LogP contribution is -2.34. The summed E-state index contributed by atoms with van der Waals surface area (Å²) in [5.74, 6) is -1.45. The number of carbonyl (C=O) groups is 1. The summed E-state index contributed by atoms with van der Waals surface area (Å²) in [6.07, 6.45) is -3.68. The molecule has 7 heteroatoms. The third-order valence-corrected chi connectivity index (χ3v) is 4.12. The van der Waals surface area contributed by atoms with Gasteiger partial charge in [-0.3, -0.25) is 4.79 Å². The van der Waals surface area contributed by atoms with Gasteiger partial charge in [-0.25, -0.2) is 4.99 Å². The van der Waals surface area contributed by atoms with Crippen LogP contribution in [0.1, 0.15) is 30.4 Å². The standard InChI is InChI=1S/C15H14F3NO3/c16-15(17,18)10-4-2-1-3-9(10)13-19-11-6-5-8(14(20)21)7-12(11)22-13/h1-4,8,11-12H,5-7H2,(H,20,21). The molecule has 1 N–H and O–H groups in total. The van der Waals surface area contributed by atoms with E-state index in [9.17, 15) is 18.0 Å². The third-order valence-electron chi connectivity index (χ3n) is 4.12. The Kier molecular flexibility index (Phi) is 3.58. The average molecular weight is 313 g/mol. The first-order chi connectivity index (χ1) is 10.4. The predicted molar refractivity (Wildman–Crippen MR) is 71.6 cm³/mol. The van der Waals surface area contributed by atoms with E-state index in [1.165, 1.54) is 18.2 Å². The number of ether oxygens (including phenoxy) is 1.